The molecule has 0 aliphatic carbocycles. The van der Waals surface area contributed by atoms with Crippen LogP contribution in [0.2, 0.25) is 0 Å². The maximum Gasteiger partial charge on any atom is 0.244 e. The number of rotatable bonds is 17. The first-order valence-electron chi connectivity index (χ1n) is 12.3. The molecule has 0 saturated carbocycles. The second-order valence-electron chi connectivity index (χ2n) is 8.73. The Bertz CT molecular complexity index is 551. The predicted octanol–water partition coefficient (Wildman–Crippen LogP) is 8.22. The Hall–Kier alpha value is -1.57. The maximum atomic E-state index is 4.65. The highest BCUT2D eigenvalue weighted by molar-refractivity contribution is 6.18. The van der Waals surface area contributed by atoms with Crippen molar-refractivity contribution in [1.82, 2.24) is 0 Å². The van der Waals surface area contributed by atoms with Crippen LogP contribution in [0.3, 0.4) is 0 Å². The fourth-order valence-electron chi connectivity index (χ4n) is 4.54. The molecule has 0 N–H and O–H groups in total. The summed E-state index contributed by atoms with van der Waals surface area (Å²) in [5, 5.41) is 0. The Morgan fingerprint density at radius 3 is 1.90 bits per heavy atom. The van der Waals surface area contributed by atoms with Crippen LogP contribution in [0.15, 0.2) is 40.3 Å². The summed E-state index contributed by atoms with van der Waals surface area (Å²) in [5.41, 5.74) is 1.46. The molecule has 29 heavy (non-hydrogen) atoms. The average molecular weight is 396 g/mol. The van der Waals surface area contributed by atoms with Gasteiger partial charge < -0.3 is 0 Å². The molecule has 1 aliphatic heterocycles. The monoisotopic (exact) mass is 395 g/mol. The molecule has 0 saturated heterocycles. The first kappa shape index (κ1) is 23.7. The van der Waals surface area contributed by atoms with E-state index < -0.39 is 0 Å². The molecule has 2 rings (SSSR count). The highest BCUT2D eigenvalue weighted by Gasteiger charge is 2.35. The van der Waals surface area contributed by atoms with Gasteiger partial charge in [-0.2, -0.15) is 0 Å². The standard InChI is InChI=1S/C27H43N2/c1-3-5-7-9-10-11-16-20-26(27-28-21-22-29-27)25(19-15-8-6-4-2)23-24-17-13-12-14-18-24/h12-14,17-18,21-22,25-26H,3-11,15-16,19-20,23H2,1-2H3/q+1. The molecule has 2 heteroatoms. The lowest BCUT2D eigenvalue weighted by Crippen LogP contribution is -2.22. The molecular formula is C27H43N2+. The molecule has 1 aliphatic rings. The molecule has 1 aromatic carbocycles. The quantitative estimate of drug-likeness (QED) is 0.187. The van der Waals surface area contributed by atoms with Crippen LogP contribution in [0.4, 0.5) is 0 Å². The minimum Gasteiger partial charge on any atom is -0.0965 e. The van der Waals surface area contributed by atoms with Gasteiger partial charge in [-0.25, -0.2) is 0 Å². The van der Waals surface area contributed by atoms with Crippen molar-refractivity contribution in [3.05, 3.63) is 42.1 Å². The smallest absolute Gasteiger partial charge is 0.0965 e. The zero-order valence-electron chi connectivity index (χ0n) is 19.0. The van der Waals surface area contributed by atoms with Crippen molar-refractivity contribution >= 4 is 12.4 Å². The molecule has 2 unspecified atom stereocenters. The summed E-state index contributed by atoms with van der Waals surface area (Å²) in [4.78, 5) is 9.30. The molecule has 2 atom stereocenters. The van der Waals surface area contributed by atoms with E-state index in [9.17, 15) is 0 Å². The van der Waals surface area contributed by atoms with Gasteiger partial charge in [-0.05, 0) is 30.7 Å². The number of nitrogens with zero attached hydrogens (tertiary/aromatic N) is 2. The SMILES string of the molecule is CCCCCCCCCC([C+]1N=CC=N1)C(CCCCCC)Cc1ccccc1. The van der Waals surface area contributed by atoms with Crippen LogP contribution in [0.5, 0.6) is 0 Å². The third kappa shape index (κ3) is 9.65. The van der Waals surface area contributed by atoms with Gasteiger partial charge in [0.1, 0.15) is 0 Å². The maximum absolute atomic E-state index is 4.65. The summed E-state index contributed by atoms with van der Waals surface area (Å²) in [7, 11) is 0. The van der Waals surface area contributed by atoms with Crippen molar-refractivity contribution in [3.8, 4) is 0 Å². The molecule has 0 amide bonds. The lowest BCUT2D eigenvalue weighted by molar-refractivity contribution is 0.284. The van der Waals surface area contributed by atoms with Gasteiger partial charge in [-0.3, -0.25) is 0 Å². The summed E-state index contributed by atoms with van der Waals surface area (Å²) < 4.78 is 0. The number of benzene rings is 1. The summed E-state index contributed by atoms with van der Waals surface area (Å²) in [5.74, 6) is 1.15. The lowest BCUT2D eigenvalue weighted by Gasteiger charge is -2.26. The van der Waals surface area contributed by atoms with E-state index in [1.165, 1.54) is 89.0 Å². The van der Waals surface area contributed by atoms with Crippen LogP contribution < -0.4 is 0 Å². The molecular weight excluding hydrogens is 352 g/mol. The Kier molecular flexibility index (Phi) is 12.5. The van der Waals surface area contributed by atoms with E-state index in [1.54, 1.807) is 0 Å². The number of hydrogen-bond donors (Lipinski definition) is 0. The fraction of sp³-hybridized carbons (Fsp3) is 0.667. The molecule has 0 bridgehead atoms. The van der Waals surface area contributed by atoms with Gasteiger partial charge in [-0.15, -0.1) is 0 Å². The van der Waals surface area contributed by atoms with Gasteiger partial charge in [0.15, 0.2) is 12.4 Å². The largest absolute Gasteiger partial charge is 0.244 e. The van der Waals surface area contributed by atoms with Crippen molar-refractivity contribution in [3.63, 3.8) is 0 Å². The second kappa shape index (κ2) is 15.3. The Morgan fingerprint density at radius 1 is 0.690 bits per heavy atom. The van der Waals surface area contributed by atoms with Gasteiger partial charge in [0.05, 0.1) is 5.92 Å². The molecule has 1 heterocycles. The van der Waals surface area contributed by atoms with Crippen molar-refractivity contribution in [2.75, 3.05) is 0 Å². The van der Waals surface area contributed by atoms with Gasteiger partial charge in [0.2, 0.25) is 6.17 Å². The second-order valence-corrected chi connectivity index (χ2v) is 8.73. The van der Waals surface area contributed by atoms with Crippen LogP contribution in [0, 0.1) is 18.0 Å². The van der Waals surface area contributed by atoms with Crippen LogP contribution in [0.25, 0.3) is 0 Å². The van der Waals surface area contributed by atoms with E-state index in [0.717, 1.165) is 12.6 Å². The average Bonchev–Trinajstić information content (AvgIpc) is 3.28. The third-order valence-electron chi connectivity index (χ3n) is 6.27. The van der Waals surface area contributed by atoms with E-state index in [0.29, 0.717) is 11.8 Å². The first-order valence-corrected chi connectivity index (χ1v) is 12.3. The van der Waals surface area contributed by atoms with Crippen molar-refractivity contribution in [1.29, 1.82) is 0 Å². The fourth-order valence-corrected chi connectivity index (χ4v) is 4.54. The van der Waals surface area contributed by atoms with E-state index in [2.05, 4.69) is 54.2 Å². The highest BCUT2D eigenvalue weighted by atomic mass is 15.0. The zero-order chi connectivity index (χ0) is 20.6. The van der Waals surface area contributed by atoms with E-state index >= 15 is 0 Å². The molecule has 160 valence electrons. The summed E-state index contributed by atoms with van der Waals surface area (Å²) in [6, 6.07) is 11.0. The van der Waals surface area contributed by atoms with E-state index in [1.807, 2.05) is 12.4 Å². The molecule has 0 spiro atoms. The van der Waals surface area contributed by atoms with Crippen molar-refractivity contribution < 1.29 is 0 Å². The Morgan fingerprint density at radius 2 is 1.24 bits per heavy atom. The minimum absolute atomic E-state index is 0.502. The molecule has 0 fully saturated rings. The summed E-state index contributed by atoms with van der Waals surface area (Å²) in [6.45, 7) is 4.58. The molecule has 1 aromatic rings. The Labute approximate surface area is 180 Å². The van der Waals surface area contributed by atoms with Crippen molar-refractivity contribution in [2.24, 2.45) is 21.8 Å². The molecule has 0 radical (unpaired) electrons. The summed E-state index contributed by atoms with van der Waals surface area (Å²) in [6.07, 6.45) is 23.5. The normalized spacial score (nSPS) is 15.2. The number of unbranched alkanes of at least 4 members (excludes halogenated alkanes) is 9. The molecule has 0 aromatic heterocycles. The van der Waals surface area contributed by atoms with Gasteiger partial charge in [0.25, 0.3) is 0 Å². The van der Waals surface area contributed by atoms with Crippen molar-refractivity contribution in [2.45, 2.75) is 104 Å². The van der Waals surface area contributed by atoms with Crippen LogP contribution >= 0.6 is 0 Å². The zero-order valence-corrected chi connectivity index (χ0v) is 19.0. The van der Waals surface area contributed by atoms with Gasteiger partial charge in [-0.1, -0.05) is 125 Å². The predicted molar refractivity (Wildman–Crippen MR) is 129 cm³/mol. The van der Waals surface area contributed by atoms with Gasteiger partial charge >= 0.3 is 0 Å². The topological polar surface area (TPSA) is 24.7 Å². The number of aliphatic imine (C=N–C) groups is 2. The third-order valence-corrected chi connectivity index (χ3v) is 6.27. The van der Waals surface area contributed by atoms with Gasteiger partial charge in [0, 0.05) is 0 Å². The molecule has 2 nitrogen and oxygen atoms in total. The van der Waals surface area contributed by atoms with Crippen LogP contribution in [0.1, 0.15) is 103 Å². The Balaban J connectivity index is 1.94. The van der Waals surface area contributed by atoms with E-state index in [4.69, 9.17) is 0 Å². The number of hydrogen-bond acceptors (Lipinski definition) is 2. The summed E-state index contributed by atoms with van der Waals surface area (Å²) >= 11 is 0. The van der Waals surface area contributed by atoms with E-state index in [-0.39, 0.29) is 0 Å². The van der Waals surface area contributed by atoms with Crippen LogP contribution in [-0.2, 0) is 6.42 Å². The lowest BCUT2D eigenvalue weighted by atomic mass is 9.78. The minimum atomic E-state index is 0.502. The van der Waals surface area contributed by atoms with Crippen LogP contribution in [-0.4, -0.2) is 12.4 Å². The highest BCUT2D eigenvalue weighted by Crippen LogP contribution is 2.36. The first-order chi connectivity index (χ1) is 14.3.